The van der Waals surface area contributed by atoms with Crippen LogP contribution < -0.4 is 10.6 Å². The van der Waals surface area contributed by atoms with Gasteiger partial charge in [-0.1, -0.05) is 17.7 Å². The van der Waals surface area contributed by atoms with E-state index in [9.17, 15) is 9.18 Å². The molecule has 0 radical (unpaired) electrons. The third kappa shape index (κ3) is 3.12. The number of carbonyl (C=O) groups excluding carboxylic acids is 1. The second kappa shape index (κ2) is 6.25. The van der Waals surface area contributed by atoms with E-state index in [2.05, 4.69) is 10.6 Å². The van der Waals surface area contributed by atoms with Gasteiger partial charge in [-0.15, -0.1) is 0 Å². The number of hydrogen-bond acceptors (Lipinski definition) is 3. The number of anilines is 2. The van der Waals surface area contributed by atoms with E-state index in [0.29, 0.717) is 5.02 Å². The molecule has 0 saturated carbocycles. The van der Waals surface area contributed by atoms with Crippen molar-refractivity contribution >= 4 is 28.9 Å². The van der Waals surface area contributed by atoms with Gasteiger partial charge in [0.2, 0.25) is 0 Å². The van der Waals surface area contributed by atoms with Crippen molar-refractivity contribution in [3.05, 3.63) is 58.4 Å². The van der Waals surface area contributed by atoms with Gasteiger partial charge >= 0.3 is 0 Å². The highest BCUT2D eigenvalue weighted by Crippen LogP contribution is 2.24. The first-order chi connectivity index (χ1) is 10.1. The molecule has 2 N–H and O–H groups in total. The Kier molecular flexibility index (Phi) is 4.41. The lowest BCUT2D eigenvalue weighted by Gasteiger charge is -2.11. The number of hydrogen-bond donors (Lipinski definition) is 2. The molecule has 6 heteroatoms. The molecule has 0 unspecified atom stereocenters. The van der Waals surface area contributed by atoms with Crippen LogP contribution in [0.25, 0.3) is 0 Å². The smallest absolute Gasteiger partial charge is 0.257 e. The zero-order chi connectivity index (χ0) is 15.4. The summed E-state index contributed by atoms with van der Waals surface area (Å²) in [6, 6.07) is 10.7. The van der Waals surface area contributed by atoms with Gasteiger partial charge in [0.1, 0.15) is 11.9 Å². The van der Waals surface area contributed by atoms with Gasteiger partial charge in [0.25, 0.3) is 5.91 Å². The molecular formula is C15H11ClFN3O. The summed E-state index contributed by atoms with van der Waals surface area (Å²) < 4.78 is 13.6. The molecular weight excluding hydrogens is 293 g/mol. The Morgan fingerprint density at radius 3 is 2.76 bits per heavy atom. The molecule has 1 amide bonds. The molecule has 0 aliphatic rings. The summed E-state index contributed by atoms with van der Waals surface area (Å²) >= 11 is 5.85. The number of nitrogens with zero attached hydrogens (tertiary/aromatic N) is 1. The summed E-state index contributed by atoms with van der Waals surface area (Å²) in [6.45, 7) is 0. The van der Waals surface area contributed by atoms with E-state index in [1.807, 2.05) is 6.07 Å². The predicted octanol–water partition coefficient (Wildman–Crippen LogP) is 3.64. The number of para-hydroxylation sites is 1. The molecule has 0 atom stereocenters. The van der Waals surface area contributed by atoms with Gasteiger partial charge in [-0.05, 0) is 30.3 Å². The number of nitrogens with one attached hydrogen (secondary N) is 2. The number of carbonyl (C=O) groups is 1. The van der Waals surface area contributed by atoms with Gasteiger partial charge in [0.05, 0.1) is 22.5 Å². The second-order valence-electron chi connectivity index (χ2n) is 4.17. The number of benzene rings is 2. The monoisotopic (exact) mass is 303 g/mol. The van der Waals surface area contributed by atoms with Crippen molar-refractivity contribution in [3.63, 3.8) is 0 Å². The molecule has 2 aromatic rings. The summed E-state index contributed by atoms with van der Waals surface area (Å²) in [5.41, 5.74) is 0.786. The van der Waals surface area contributed by atoms with Crippen LogP contribution in [0, 0.1) is 17.1 Å². The summed E-state index contributed by atoms with van der Waals surface area (Å²) in [5.74, 6) is -1.06. The van der Waals surface area contributed by atoms with Gasteiger partial charge in [-0.3, -0.25) is 4.79 Å². The summed E-state index contributed by atoms with van der Waals surface area (Å²) in [4.78, 5) is 12.3. The normalized spacial score (nSPS) is 9.81. The molecule has 0 aliphatic heterocycles. The lowest BCUT2D eigenvalue weighted by Crippen LogP contribution is -2.15. The third-order valence-corrected chi connectivity index (χ3v) is 3.09. The van der Waals surface area contributed by atoms with E-state index in [0.717, 1.165) is 0 Å². The Hall–Kier alpha value is -2.58. The Balaban J connectivity index is 2.38. The van der Waals surface area contributed by atoms with Crippen LogP contribution in [0.2, 0.25) is 5.02 Å². The number of amides is 1. The van der Waals surface area contributed by atoms with Crippen LogP contribution in [0.3, 0.4) is 0 Å². The van der Waals surface area contributed by atoms with E-state index in [4.69, 9.17) is 16.9 Å². The SMILES string of the molecule is CNc1c(F)cccc1C(=O)Nc1cc(Cl)ccc1C#N. The summed E-state index contributed by atoms with van der Waals surface area (Å²) in [7, 11) is 1.52. The van der Waals surface area contributed by atoms with Crippen molar-refractivity contribution in [3.8, 4) is 6.07 Å². The Labute approximate surface area is 126 Å². The first-order valence-corrected chi connectivity index (χ1v) is 6.42. The first-order valence-electron chi connectivity index (χ1n) is 6.04. The van der Waals surface area contributed by atoms with Crippen molar-refractivity contribution < 1.29 is 9.18 Å². The molecule has 0 spiro atoms. The van der Waals surface area contributed by atoms with Gasteiger partial charge in [0, 0.05) is 12.1 Å². The highest BCUT2D eigenvalue weighted by Gasteiger charge is 2.15. The van der Waals surface area contributed by atoms with Crippen LogP contribution in [0.5, 0.6) is 0 Å². The minimum atomic E-state index is -0.531. The largest absolute Gasteiger partial charge is 0.385 e. The van der Waals surface area contributed by atoms with Gasteiger partial charge in [-0.2, -0.15) is 5.26 Å². The molecule has 0 saturated heterocycles. The molecule has 0 fully saturated rings. The second-order valence-corrected chi connectivity index (χ2v) is 4.60. The molecule has 2 rings (SSSR count). The molecule has 21 heavy (non-hydrogen) atoms. The maximum absolute atomic E-state index is 13.6. The van der Waals surface area contributed by atoms with E-state index in [-0.39, 0.29) is 22.5 Å². The number of nitriles is 1. The maximum Gasteiger partial charge on any atom is 0.257 e. The zero-order valence-electron chi connectivity index (χ0n) is 11.1. The topological polar surface area (TPSA) is 64.9 Å². The van der Waals surface area contributed by atoms with Crippen molar-refractivity contribution in [1.29, 1.82) is 5.26 Å². The Morgan fingerprint density at radius 2 is 2.10 bits per heavy atom. The fourth-order valence-corrected chi connectivity index (χ4v) is 2.05. The molecule has 2 aromatic carbocycles. The number of rotatable bonds is 3. The van der Waals surface area contributed by atoms with Crippen LogP contribution in [0.4, 0.5) is 15.8 Å². The van der Waals surface area contributed by atoms with Crippen LogP contribution in [-0.4, -0.2) is 13.0 Å². The van der Waals surface area contributed by atoms with E-state index < -0.39 is 11.7 Å². The fraction of sp³-hybridized carbons (Fsp3) is 0.0667. The van der Waals surface area contributed by atoms with Gasteiger partial charge in [-0.25, -0.2) is 4.39 Å². The fourth-order valence-electron chi connectivity index (χ4n) is 1.87. The minimum absolute atomic E-state index is 0.0931. The average Bonchev–Trinajstić information content (AvgIpc) is 2.47. The molecule has 0 aliphatic carbocycles. The molecule has 0 aromatic heterocycles. The summed E-state index contributed by atoms with van der Waals surface area (Å²) in [5, 5.41) is 14.6. The highest BCUT2D eigenvalue weighted by molar-refractivity contribution is 6.31. The molecule has 0 heterocycles. The number of halogens is 2. The molecule has 106 valence electrons. The zero-order valence-corrected chi connectivity index (χ0v) is 11.8. The Bertz CT molecular complexity index is 740. The maximum atomic E-state index is 13.6. The van der Waals surface area contributed by atoms with Gasteiger partial charge < -0.3 is 10.6 Å². The predicted molar refractivity (Wildman–Crippen MR) is 80.1 cm³/mol. The van der Waals surface area contributed by atoms with Crippen LogP contribution in [0.1, 0.15) is 15.9 Å². The van der Waals surface area contributed by atoms with Crippen molar-refractivity contribution in [1.82, 2.24) is 0 Å². The van der Waals surface area contributed by atoms with E-state index in [1.54, 1.807) is 6.07 Å². The van der Waals surface area contributed by atoms with Crippen LogP contribution in [0.15, 0.2) is 36.4 Å². The molecule has 4 nitrogen and oxygen atoms in total. The lowest BCUT2D eigenvalue weighted by molar-refractivity contribution is 0.102. The van der Waals surface area contributed by atoms with E-state index in [1.165, 1.54) is 37.4 Å². The van der Waals surface area contributed by atoms with Crippen molar-refractivity contribution in [2.75, 3.05) is 17.7 Å². The average molecular weight is 304 g/mol. The van der Waals surface area contributed by atoms with E-state index >= 15 is 0 Å². The minimum Gasteiger partial charge on any atom is -0.385 e. The highest BCUT2D eigenvalue weighted by atomic mass is 35.5. The van der Waals surface area contributed by atoms with Crippen LogP contribution in [-0.2, 0) is 0 Å². The first kappa shape index (κ1) is 14.8. The van der Waals surface area contributed by atoms with Crippen molar-refractivity contribution in [2.24, 2.45) is 0 Å². The standard InChI is InChI=1S/C15H11ClFN3O/c1-19-14-11(3-2-4-12(14)17)15(21)20-13-7-10(16)6-5-9(13)8-18/h2-7,19H,1H3,(H,20,21). The third-order valence-electron chi connectivity index (χ3n) is 2.86. The molecule has 0 bridgehead atoms. The van der Waals surface area contributed by atoms with Crippen LogP contribution >= 0.6 is 11.6 Å². The van der Waals surface area contributed by atoms with Gasteiger partial charge in [0.15, 0.2) is 0 Å². The quantitative estimate of drug-likeness (QED) is 0.909. The van der Waals surface area contributed by atoms with Crippen molar-refractivity contribution in [2.45, 2.75) is 0 Å². The summed E-state index contributed by atoms with van der Waals surface area (Å²) in [6.07, 6.45) is 0. The lowest BCUT2D eigenvalue weighted by atomic mass is 10.1. The Morgan fingerprint density at radius 1 is 1.33 bits per heavy atom.